The van der Waals surface area contributed by atoms with Crippen LogP contribution in [-0.4, -0.2) is 43.7 Å². The number of hydrogen-bond acceptors (Lipinski definition) is 5. The molecule has 5 heteroatoms. The molecular formula is C14H27N5. The van der Waals surface area contributed by atoms with Gasteiger partial charge in [0.2, 0.25) is 0 Å². The molecule has 19 heavy (non-hydrogen) atoms. The lowest BCUT2D eigenvalue weighted by Crippen LogP contribution is -2.29. The third-order valence-corrected chi connectivity index (χ3v) is 2.66. The molecule has 2 N–H and O–H groups in total. The highest BCUT2D eigenvalue weighted by atomic mass is 15.2. The Morgan fingerprint density at radius 1 is 1.21 bits per heavy atom. The van der Waals surface area contributed by atoms with Gasteiger partial charge in [0.25, 0.3) is 0 Å². The minimum Gasteiger partial charge on any atom is -0.370 e. The largest absolute Gasteiger partial charge is 0.370 e. The van der Waals surface area contributed by atoms with Gasteiger partial charge in [-0.2, -0.15) is 0 Å². The van der Waals surface area contributed by atoms with Gasteiger partial charge >= 0.3 is 0 Å². The fourth-order valence-electron chi connectivity index (χ4n) is 1.93. The van der Waals surface area contributed by atoms with Crippen molar-refractivity contribution in [3.05, 3.63) is 12.4 Å². The summed E-state index contributed by atoms with van der Waals surface area (Å²) in [5, 5.41) is 6.45. The second-order valence-electron chi connectivity index (χ2n) is 6.06. The fourth-order valence-corrected chi connectivity index (χ4v) is 1.93. The Hall–Kier alpha value is -1.36. The molecule has 0 radical (unpaired) electrons. The van der Waals surface area contributed by atoms with Crippen molar-refractivity contribution < 1.29 is 0 Å². The van der Waals surface area contributed by atoms with Crippen LogP contribution >= 0.6 is 0 Å². The van der Waals surface area contributed by atoms with Gasteiger partial charge in [-0.05, 0) is 25.4 Å². The molecule has 0 fully saturated rings. The Morgan fingerprint density at radius 3 is 2.58 bits per heavy atom. The summed E-state index contributed by atoms with van der Waals surface area (Å²) >= 11 is 0. The smallest absolute Gasteiger partial charge is 0.133 e. The quantitative estimate of drug-likeness (QED) is 0.738. The summed E-state index contributed by atoms with van der Waals surface area (Å²) in [6.45, 7) is 9.56. The maximum absolute atomic E-state index is 4.33. The molecule has 0 aromatic carbocycles. The Kier molecular flexibility index (Phi) is 6.02. The fraction of sp³-hybridized carbons (Fsp3) is 0.714. The number of hydrogen-bond donors (Lipinski definition) is 2. The predicted molar refractivity (Wildman–Crippen MR) is 81.8 cm³/mol. The molecule has 0 unspecified atom stereocenters. The molecule has 1 aromatic rings. The normalized spacial score (nSPS) is 11.4. The lowest BCUT2D eigenvalue weighted by atomic mass is 9.96. The van der Waals surface area contributed by atoms with Crippen molar-refractivity contribution in [2.45, 2.75) is 27.2 Å². The summed E-state index contributed by atoms with van der Waals surface area (Å²) in [6.07, 6.45) is 2.70. The van der Waals surface area contributed by atoms with E-state index in [1.165, 1.54) is 0 Å². The van der Waals surface area contributed by atoms with E-state index >= 15 is 0 Å². The highest BCUT2D eigenvalue weighted by molar-refractivity contribution is 5.47. The van der Waals surface area contributed by atoms with E-state index in [0.717, 1.165) is 37.7 Å². The van der Waals surface area contributed by atoms with E-state index in [2.05, 4.69) is 53.3 Å². The van der Waals surface area contributed by atoms with Crippen LogP contribution in [0.3, 0.4) is 0 Å². The standard InChI is InChI=1S/C14H27N5/c1-14(2,3)10-19(5)13-9-12(17-11-18-13)16-8-6-7-15-4/h9,11,15H,6-8,10H2,1-5H3,(H,16,17,18). The number of rotatable bonds is 7. The minimum absolute atomic E-state index is 0.250. The van der Waals surface area contributed by atoms with Crippen LogP contribution in [0.2, 0.25) is 0 Å². The zero-order valence-electron chi connectivity index (χ0n) is 12.8. The highest BCUT2D eigenvalue weighted by Gasteiger charge is 2.15. The van der Waals surface area contributed by atoms with Crippen molar-refractivity contribution in [3.8, 4) is 0 Å². The van der Waals surface area contributed by atoms with E-state index in [4.69, 9.17) is 0 Å². The van der Waals surface area contributed by atoms with Crippen LogP contribution in [0.1, 0.15) is 27.2 Å². The van der Waals surface area contributed by atoms with Gasteiger partial charge in [0.05, 0.1) is 0 Å². The minimum atomic E-state index is 0.250. The van der Waals surface area contributed by atoms with E-state index in [1.54, 1.807) is 6.33 Å². The zero-order chi connectivity index (χ0) is 14.3. The second-order valence-corrected chi connectivity index (χ2v) is 6.06. The average molecular weight is 265 g/mol. The van der Waals surface area contributed by atoms with Gasteiger partial charge in [0.15, 0.2) is 0 Å². The van der Waals surface area contributed by atoms with Crippen molar-refractivity contribution in [3.63, 3.8) is 0 Å². The average Bonchev–Trinajstić information content (AvgIpc) is 2.33. The highest BCUT2D eigenvalue weighted by Crippen LogP contribution is 2.19. The SMILES string of the molecule is CNCCCNc1cc(N(C)CC(C)(C)C)ncn1. The third kappa shape index (κ3) is 6.38. The van der Waals surface area contributed by atoms with Crippen LogP contribution in [0.4, 0.5) is 11.6 Å². The molecular weight excluding hydrogens is 238 g/mol. The summed E-state index contributed by atoms with van der Waals surface area (Å²) in [5.41, 5.74) is 0.250. The molecule has 0 aliphatic heterocycles. The molecule has 0 saturated carbocycles. The van der Waals surface area contributed by atoms with Crippen LogP contribution in [0.5, 0.6) is 0 Å². The first-order valence-electron chi connectivity index (χ1n) is 6.84. The van der Waals surface area contributed by atoms with Gasteiger partial charge in [0.1, 0.15) is 18.0 Å². The topological polar surface area (TPSA) is 53.1 Å². The van der Waals surface area contributed by atoms with Crippen molar-refractivity contribution >= 4 is 11.6 Å². The van der Waals surface area contributed by atoms with E-state index < -0.39 is 0 Å². The van der Waals surface area contributed by atoms with Crippen LogP contribution in [0, 0.1) is 5.41 Å². The molecule has 0 spiro atoms. The van der Waals surface area contributed by atoms with Gasteiger partial charge in [-0.1, -0.05) is 20.8 Å². The Balaban J connectivity index is 2.56. The van der Waals surface area contributed by atoms with Gasteiger partial charge in [-0.25, -0.2) is 9.97 Å². The van der Waals surface area contributed by atoms with Crippen LogP contribution in [0.15, 0.2) is 12.4 Å². The van der Waals surface area contributed by atoms with Gasteiger partial charge < -0.3 is 15.5 Å². The van der Waals surface area contributed by atoms with Crippen molar-refractivity contribution in [1.82, 2.24) is 15.3 Å². The Labute approximate surface area is 116 Å². The monoisotopic (exact) mass is 265 g/mol. The van der Waals surface area contributed by atoms with Crippen LogP contribution in [-0.2, 0) is 0 Å². The molecule has 0 aliphatic rings. The first kappa shape index (κ1) is 15.7. The molecule has 108 valence electrons. The van der Waals surface area contributed by atoms with E-state index in [1.807, 2.05) is 13.1 Å². The summed E-state index contributed by atoms with van der Waals surface area (Å²) in [7, 11) is 4.03. The molecule has 1 aromatic heterocycles. The second kappa shape index (κ2) is 7.28. The zero-order valence-corrected chi connectivity index (χ0v) is 12.8. The van der Waals surface area contributed by atoms with Gasteiger partial charge in [-0.15, -0.1) is 0 Å². The van der Waals surface area contributed by atoms with E-state index in [0.29, 0.717) is 0 Å². The van der Waals surface area contributed by atoms with Crippen molar-refractivity contribution in [2.75, 3.05) is 43.9 Å². The molecule has 1 heterocycles. The predicted octanol–water partition coefficient (Wildman–Crippen LogP) is 1.98. The lowest BCUT2D eigenvalue weighted by Gasteiger charge is -2.27. The molecule has 0 bridgehead atoms. The third-order valence-electron chi connectivity index (χ3n) is 2.66. The molecule has 0 atom stereocenters. The number of nitrogens with zero attached hydrogens (tertiary/aromatic N) is 3. The molecule has 0 amide bonds. The lowest BCUT2D eigenvalue weighted by molar-refractivity contribution is 0.418. The van der Waals surface area contributed by atoms with Crippen molar-refractivity contribution in [1.29, 1.82) is 0 Å². The Bertz CT molecular complexity index is 372. The maximum atomic E-state index is 4.33. The molecule has 1 rings (SSSR count). The molecule has 0 saturated heterocycles. The summed E-state index contributed by atoms with van der Waals surface area (Å²) in [6, 6.07) is 2.01. The first-order valence-corrected chi connectivity index (χ1v) is 6.84. The molecule has 5 nitrogen and oxygen atoms in total. The number of anilines is 2. The number of nitrogens with one attached hydrogen (secondary N) is 2. The first-order chi connectivity index (χ1) is 8.92. The summed E-state index contributed by atoms with van der Waals surface area (Å²) < 4.78 is 0. The van der Waals surface area contributed by atoms with E-state index in [-0.39, 0.29) is 5.41 Å². The maximum Gasteiger partial charge on any atom is 0.133 e. The molecule has 0 aliphatic carbocycles. The van der Waals surface area contributed by atoms with Gasteiger partial charge in [-0.3, -0.25) is 0 Å². The van der Waals surface area contributed by atoms with Gasteiger partial charge in [0, 0.05) is 26.2 Å². The number of aromatic nitrogens is 2. The van der Waals surface area contributed by atoms with Crippen LogP contribution < -0.4 is 15.5 Å². The Morgan fingerprint density at radius 2 is 1.95 bits per heavy atom. The summed E-state index contributed by atoms with van der Waals surface area (Å²) in [4.78, 5) is 10.7. The van der Waals surface area contributed by atoms with Crippen molar-refractivity contribution in [2.24, 2.45) is 5.41 Å². The summed E-state index contributed by atoms with van der Waals surface area (Å²) in [5.74, 6) is 1.85. The van der Waals surface area contributed by atoms with Crippen LogP contribution in [0.25, 0.3) is 0 Å². The van der Waals surface area contributed by atoms with E-state index in [9.17, 15) is 0 Å².